The number of allylic oxidation sites excluding steroid dienone is 2. The van der Waals surface area contributed by atoms with E-state index in [1.165, 1.54) is 4.90 Å². The van der Waals surface area contributed by atoms with Gasteiger partial charge in [-0.25, -0.2) is 9.78 Å². The molecule has 0 bridgehead atoms. The number of amides is 2. The van der Waals surface area contributed by atoms with Crippen LogP contribution in [-0.2, 0) is 14.3 Å². The third-order valence-electron chi connectivity index (χ3n) is 8.24. The van der Waals surface area contributed by atoms with Crippen LogP contribution in [0.25, 0.3) is 22.2 Å². The first kappa shape index (κ1) is 30.2. The monoisotopic (exact) mass is 690 g/mol. The number of esters is 1. The van der Waals surface area contributed by atoms with Crippen molar-refractivity contribution in [2.75, 3.05) is 11.5 Å². The lowest BCUT2D eigenvalue weighted by Gasteiger charge is -2.22. The summed E-state index contributed by atoms with van der Waals surface area (Å²) in [4.78, 5) is 58.6. The van der Waals surface area contributed by atoms with Gasteiger partial charge in [0.2, 0.25) is 11.8 Å². The van der Waals surface area contributed by atoms with Crippen LogP contribution in [0.2, 0.25) is 10.0 Å². The Morgan fingerprint density at radius 1 is 1.02 bits per heavy atom. The summed E-state index contributed by atoms with van der Waals surface area (Å²) in [5.74, 6) is -2.18. The van der Waals surface area contributed by atoms with Crippen molar-refractivity contribution in [2.24, 2.45) is 17.8 Å². The van der Waals surface area contributed by atoms with Crippen molar-refractivity contribution >= 4 is 79.3 Å². The van der Waals surface area contributed by atoms with Crippen LogP contribution in [0.4, 0.5) is 5.69 Å². The van der Waals surface area contributed by atoms with Crippen molar-refractivity contribution in [1.82, 2.24) is 4.98 Å². The molecular weight excluding hydrogens is 667 g/mol. The average molecular weight is 692 g/mol. The van der Waals surface area contributed by atoms with Crippen molar-refractivity contribution in [3.63, 3.8) is 0 Å². The second-order valence-electron chi connectivity index (χ2n) is 11.0. The normalized spacial score (nSPS) is 19.4. The summed E-state index contributed by atoms with van der Waals surface area (Å²) >= 11 is 15.9. The summed E-state index contributed by atoms with van der Waals surface area (Å²) in [7, 11) is 0. The number of pyridine rings is 1. The van der Waals surface area contributed by atoms with Crippen molar-refractivity contribution in [3.05, 3.63) is 104 Å². The van der Waals surface area contributed by atoms with Crippen molar-refractivity contribution in [1.29, 1.82) is 0 Å². The zero-order valence-corrected chi connectivity index (χ0v) is 26.7. The summed E-state index contributed by atoms with van der Waals surface area (Å²) in [6.07, 6.45) is 4.52. The molecule has 1 saturated heterocycles. The molecular formula is C34H25BrCl2N2O5. The quantitative estimate of drug-likeness (QED) is 0.0880. The zero-order chi connectivity index (χ0) is 31.3. The smallest absolute Gasteiger partial charge is 0.339 e. The average Bonchev–Trinajstić information content (AvgIpc) is 3.28. The summed E-state index contributed by atoms with van der Waals surface area (Å²) in [5, 5.41) is 1.44. The summed E-state index contributed by atoms with van der Waals surface area (Å²) in [5.41, 5.74) is 3.29. The maximum atomic E-state index is 13.4. The number of aryl methyl sites for hydroxylation is 1. The van der Waals surface area contributed by atoms with E-state index >= 15 is 0 Å². The van der Waals surface area contributed by atoms with Gasteiger partial charge < -0.3 is 4.74 Å². The Balaban J connectivity index is 1.33. The van der Waals surface area contributed by atoms with Crippen LogP contribution in [0, 0.1) is 24.7 Å². The van der Waals surface area contributed by atoms with E-state index in [1.54, 1.807) is 67.6 Å². The second-order valence-corrected chi connectivity index (χ2v) is 12.6. The molecule has 4 aromatic rings. The number of ether oxygens (including phenoxy) is 1. The molecule has 0 radical (unpaired) electrons. The van der Waals surface area contributed by atoms with E-state index in [2.05, 4.69) is 15.9 Å². The zero-order valence-electron chi connectivity index (χ0n) is 23.6. The highest BCUT2D eigenvalue weighted by molar-refractivity contribution is 9.10. The van der Waals surface area contributed by atoms with Crippen LogP contribution in [0.15, 0.2) is 77.3 Å². The Kier molecular flexibility index (Phi) is 8.18. The van der Waals surface area contributed by atoms with Crippen LogP contribution in [0.3, 0.4) is 0 Å². The predicted octanol–water partition coefficient (Wildman–Crippen LogP) is 8.02. The molecule has 44 heavy (non-hydrogen) atoms. The summed E-state index contributed by atoms with van der Waals surface area (Å²) in [6, 6.07) is 16.5. The maximum Gasteiger partial charge on any atom is 0.339 e. The lowest BCUT2D eigenvalue weighted by molar-refractivity contribution is -0.122. The Morgan fingerprint density at radius 2 is 1.73 bits per heavy atom. The maximum absolute atomic E-state index is 13.4. The molecule has 2 aliphatic rings. The van der Waals surface area contributed by atoms with E-state index in [9.17, 15) is 19.2 Å². The highest BCUT2D eigenvalue weighted by atomic mass is 79.9. The molecule has 3 aromatic carbocycles. The summed E-state index contributed by atoms with van der Waals surface area (Å²) in [6.45, 7) is 3.30. The van der Waals surface area contributed by atoms with E-state index in [0.29, 0.717) is 59.9 Å². The van der Waals surface area contributed by atoms with E-state index < -0.39 is 12.6 Å². The number of carbonyl (C=O) groups is 4. The van der Waals surface area contributed by atoms with Gasteiger partial charge in [0.1, 0.15) is 0 Å². The van der Waals surface area contributed by atoms with Crippen LogP contribution >= 0.6 is 39.1 Å². The highest BCUT2D eigenvalue weighted by Crippen LogP contribution is 2.41. The molecule has 6 rings (SSSR count). The SMILES string of the molecule is Cc1c(Cl)c(Br)cc2c(C(=O)OCC(=O)c3ccc(Cl)cc3)cc(-c3ccc(N4C(=O)C5CC=CC(C)C5C4=O)cc3)nc12. The third-order valence-corrected chi connectivity index (χ3v) is 9.83. The van der Waals surface area contributed by atoms with Gasteiger partial charge in [0.05, 0.1) is 39.3 Å². The fourth-order valence-corrected chi connectivity index (χ4v) is 6.68. The Labute approximate surface area is 271 Å². The molecule has 0 spiro atoms. The van der Waals surface area contributed by atoms with E-state index in [4.69, 9.17) is 32.9 Å². The summed E-state index contributed by atoms with van der Waals surface area (Å²) < 4.78 is 6.05. The molecule has 3 unspecified atom stereocenters. The number of aromatic nitrogens is 1. The minimum Gasteiger partial charge on any atom is -0.454 e. The van der Waals surface area contributed by atoms with Gasteiger partial charge in [-0.05, 0) is 89.3 Å². The number of anilines is 1. The van der Waals surface area contributed by atoms with Crippen molar-refractivity contribution < 1.29 is 23.9 Å². The van der Waals surface area contributed by atoms with Gasteiger partial charge in [0.15, 0.2) is 12.4 Å². The standard InChI is InChI=1S/C34H25BrCl2N2O5/c1-17-4-3-5-23-29(17)33(42)39(32(23)41)22-12-8-19(9-13-22)27-15-25(24-14-26(35)30(37)18(2)31(24)38-27)34(43)44-16-28(40)20-6-10-21(36)11-7-20/h3-4,6-15,17,23,29H,5,16H2,1-2H3. The van der Waals surface area contributed by atoms with Gasteiger partial charge in [-0.15, -0.1) is 0 Å². The number of hydrogen-bond donors (Lipinski definition) is 0. The van der Waals surface area contributed by atoms with Gasteiger partial charge in [0.25, 0.3) is 0 Å². The minimum absolute atomic E-state index is 0.00830. The lowest BCUT2D eigenvalue weighted by Crippen LogP contribution is -2.31. The topological polar surface area (TPSA) is 93.6 Å². The van der Waals surface area contributed by atoms with Crippen LogP contribution < -0.4 is 4.90 Å². The first-order chi connectivity index (χ1) is 21.0. The lowest BCUT2D eigenvalue weighted by atomic mass is 9.78. The number of Topliss-reactive ketones (excluding diaryl/α,β-unsaturated/α-hetero) is 1. The molecule has 2 amide bonds. The predicted molar refractivity (Wildman–Crippen MR) is 173 cm³/mol. The molecule has 10 heteroatoms. The van der Waals surface area contributed by atoms with E-state index in [0.717, 1.165) is 0 Å². The highest BCUT2D eigenvalue weighted by Gasteiger charge is 2.50. The van der Waals surface area contributed by atoms with E-state index in [-0.39, 0.29) is 40.9 Å². The number of fused-ring (bicyclic) bond motifs is 2. The first-order valence-electron chi connectivity index (χ1n) is 13.9. The molecule has 2 heterocycles. The number of ketones is 1. The molecule has 0 N–H and O–H groups in total. The van der Waals surface area contributed by atoms with Crippen molar-refractivity contribution in [2.45, 2.75) is 20.3 Å². The number of rotatable bonds is 6. The molecule has 0 saturated carbocycles. The second kappa shape index (κ2) is 11.9. The molecule has 3 atom stereocenters. The van der Waals surface area contributed by atoms with Gasteiger partial charge in [0, 0.05) is 26.0 Å². The van der Waals surface area contributed by atoms with Crippen LogP contribution in [-0.4, -0.2) is 35.2 Å². The van der Waals surface area contributed by atoms with Crippen LogP contribution in [0.5, 0.6) is 0 Å². The fourth-order valence-electron chi connectivity index (χ4n) is 5.89. The molecule has 1 aliphatic heterocycles. The van der Waals surface area contributed by atoms with Gasteiger partial charge in [-0.1, -0.05) is 54.4 Å². The largest absolute Gasteiger partial charge is 0.454 e. The molecule has 1 aliphatic carbocycles. The number of halogens is 3. The van der Waals surface area contributed by atoms with Crippen molar-refractivity contribution in [3.8, 4) is 11.3 Å². The Morgan fingerprint density at radius 3 is 2.41 bits per heavy atom. The Hall–Kier alpha value is -3.85. The Bertz CT molecular complexity index is 1890. The number of imide groups is 1. The third kappa shape index (κ3) is 5.36. The van der Waals surface area contributed by atoms with Gasteiger partial charge in [-0.3, -0.25) is 19.3 Å². The first-order valence-corrected chi connectivity index (χ1v) is 15.5. The fraction of sp³-hybridized carbons (Fsp3) is 0.206. The number of nitrogens with zero attached hydrogens (tertiary/aromatic N) is 2. The minimum atomic E-state index is -0.704. The number of benzene rings is 3. The van der Waals surface area contributed by atoms with Gasteiger partial charge >= 0.3 is 5.97 Å². The molecule has 1 aromatic heterocycles. The molecule has 222 valence electrons. The van der Waals surface area contributed by atoms with E-state index in [1.807, 2.05) is 19.1 Å². The van der Waals surface area contributed by atoms with Gasteiger partial charge in [-0.2, -0.15) is 0 Å². The molecule has 7 nitrogen and oxygen atoms in total. The van der Waals surface area contributed by atoms with Crippen LogP contribution in [0.1, 0.15) is 39.6 Å². The molecule has 1 fully saturated rings. The number of hydrogen-bond acceptors (Lipinski definition) is 6. The number of carbonyl (C=O) groups excluding carboxylic acids is 4.